The molecule has 0 atom stereocenters. The van der Waals surface area contributed by atoms with E-state index in [0.717, 1.165) is 59.9 Å². The average molecular weight is 388 g/mol. The maximum atomic E-state index is 6.47. The van der Waals surface area contributed by atoms with E-state index in [1.54, 1.807) is 7.11 Å². The number of ether oxygens (including phenoxy) is 1. The van der Waals surface area contributed by atoms with Crippen LogP contribution in [-0.4, -0.2) is 23.4 Å². The average Bonchev–Trinajstić information content (AvgIpc) is 2.83. The van der Waals surface area contributed by atoms with Crippen LogP contribution >= 0.6 is 23.2 Å². The molecule has 2 heterocycles. The third-order valence-corrected chi connectivity index (χ3v) is 5.28. The predicted octanol–water partition coefficient (Wildman–Crippen LogP) is 5.60. The summed E-state index contributed by atoms with van der Waals surface area (Å²) in [5.74, 6) is 1.83. The van der Waals surface area contributed by atoms with Crippen LogP contribution in [0.4, 0.5) is 5.82 Å². The van der Waals surface area contributed by atoms with Crippen molar-refractivity contribution >= 4 is 29.0 Å². The predicted molar refractivity (Wildman–Crippen MR) is 107 cm³/mol. The van der Waals surface area contributed by atoms with Crippen LogP contribution in [0.1, 0.15) is 18.4 Å². The number of rotatable bonds is 3. The minimum absolute atomic E-state index is 0.615. The molecule has 0 bridgehead atoms. The SMILES string of the molecule is COc1ccc(-n2nc(-c3c(Cl)cccc3Cl)c3c2NCCCC3)cc1. The van der Waals surface area contributed by atoms with Crippen LogP contribution in [0.5, 0.6) is 5.75 Å². The number of nitrogens with one attached hydrogen (secondary N) is 1. The van der Waals surface area contributed by atoms with E-state index in [-0.39, 0.29) is 0 Å². The summed E-state index contributed by atoms with van der Waals surface area (Å²) >= 11 is 12.9. The Kier molecular flexibility index (Phi) is 4.79. The number of methoxy groups -OCH3 is 1. The van der Waals surface area contributed by atoms with Gasteiger partial charge in [0.25, 0.3) is 0 Å². The minimum Gasteiger partial charge on any atom is -0.497 e. The zero-order valence-corrected chi connectivity index (χ0v) is 15.9. The first kappa shape index (κ1) is 17.3. The number of hydrogen-bond acceptors (Lipinski definition) is 3. The quantitative estimate of drug-likeness (QED) is 0.635. The molecule has 3 aromatic rings. The van der Waals surface area contributed by atoms with Gasteiger partial charge in [-0.25, -0.2) is 4.68 Å². The summed E-state index contributed by atoms with van der Waals surface area (Å²) in [6.07, 6.45) is 3.16. The molecule has 134 valence electrons. The minimum atomic E-state index is 0.615. The van der Waals surface area contributed by atoms with E-state index in [2.05, 4.69) is 5.32 Å². The Labute approximate surface area is 162 Å². The van der Waals surface area contributed by atoms with E-state index in [0.29, 0.717) is 10.0 Å². The Morgan fingerprint density at radius 3 is 2.46 bits per heavy atom. The van der Waals surface area contributed by atoms with Gasteiger partial charge in [0.05, 0.1) is 22.8 Å². The monoisotopic (exact) mass is 387 g/mol. The molecule has 0 saturated carbocycles. The summed E-state index contributed by atoms with van der Waals surface area (Å²) in [7, 11) is 1.66. The number of aromatic nitrogens is 2. The largest absolute Gasteiger partial charge is 0.497 e. The van der Waals surface area contributed by atoms with Crippen molar-refractivity contribution in [2.24, 2.45) is 0 Å². The summed E-state index contributed by atoms with van der Waals surface area (Å²) in [5, 5.41) is 9.66. The smallest absolute Gasteiger partial charge is 0.133 e. The van der Waals surface area contributed by atoms with Crippen LogP contribution in [-0.2, 0) is 6.42 Å². The lowest BCUT2D eigenvalue weighted by Gasteiger charge is -2.09. The number of benzene rings is 2. The fourth-order valence-electron chi connectivity index (χ4n) is 3.34. The molecule has 0 spiro atoms. The van der Waals surface area contributed by atoms with Gasteiger partial charge < -0.3 is 10.1 Å². The zero-order chi connectivity index (χ0) is 18.1. The number of hydrogen-bond donors (Lipinski definition) is 1. The van der Waals surface area contributed by atoms with E-state index in [4.69, 9.17) is 33.0 Å². The third-order valence-electron chi connectivity index (χ3n) is 4.65. The van der Waals surface area contributed by atoms with Crippen LogP contribution in [0.25, 0.3) is 16.9 Å². The molecule has 4 rings (SSSR count). The van der Waals surface area contributed by atoms with Crippen LogP contribution in [0.3, 0.4) is 0 Å². The summed E-state index contributed by atoms with van der Waals surface area (Å²) in [6.45, 7) is 0.921. The summed E-state index contributed by atoms with van der Waals surface area (Å²) in [6, 6.07) is 13.4. The van der Waals surface area contributed by atoms with Crippen molar-refractivity contribution in [3.05, 3.63) is 58.1 Å². The van der Waals surface area contributed by atoms with E-state index in [1.807, 2.05) is 47.1 Å². The Morgan fingerprint density at radius 2 is 1.77 bits per heavy atom. The van der Waals surface area contributed by atoms with E-state index in [9.17, 15) is 0 Å². The van der Waals surface area contributed by atoms with Gasteiger partial charge in [-0.15, -0.1) is 0 Å². The lowest BCUT2D eigenvalue weighted by Crippen LogP contribution is -2.07. The first-order valence-electron chi connectivity index (χ1n) is 8.63. The van der Waals surface area contributed by atoms with Gasteiger partial charge in [-0.1, -0.05) is 29.3 Å². The molecular weight excluding hydrogens is 369 g/mol. The number of halogens is 2. The second-order valence-electron chi connectivity index (χ2n) is 6.27. The second kappa shape index (κ2) is 7.22. The highest BCUT2D eigenvalue weighted by Gasteiger charge is 2.24. The zero-order valence-electron chi connectivity index (χ0n) is 14.4. The standard InChI is InChI=1S/C20H19Cl2N3O/c1-26-14-10-8-13(9-11-14)25-20-15(5-2-3-12-23-20)19(24-25)18-16(21)6-4-7-17(18)22/h4,6-11,23H,2-3,5,12H2,1H3. The molecule has 0 aliphatic carbocycles. The molecule has 1 aromatic heterocycles. The number of anilines is 1. The Bertz CT molecular complexity index is 915. The summed E-state index contributed by atoms with van der Waals surface area (Å²) in [4.78, 5) is 0. The van der Waals surface area contributed by atoms with E-state index >= 15 is 0 Å². The van der Waals surface area contributed by atoms with Crippen molar-refractivity contribution in [3.8, 4) is 22.7 Å². The molecule has 0 saturated heterocycles. The molecule has 1 N–H and O–H groups in total. The molecule has 6 heteroatoms. The van der Waals surface area contributed by atoms with Gasteiger partial charge in [-0.05, 0) is 55.7 Å². The van der Waals surface area contributed by atoms with Crippen molar-refractivity contribution in [3.63, 3.8) is 0 Å². The second-order valence-corrected chi connectivity index (χ2v) is 7.08. The van der Waals surface area contributed by atoms with Crippen molar-refractivity contribution in [2.75, 3.05) is 19.0 Å². The molecule has 26 heavy (non-hydrogen) atoms. The Hall–Kier alpha value is -2.17. The molecular formula is C20H19Cl2N3O. The highest BCUT2D eigenvalue weighted by molar-refractivity contribution is 6.39. The fraction of sp³-hybridized carbons (Fsp3) is 0.250. The molecule has 0 unspecified atom stereocenters. The first-order valence-corrected chi connectivity index (χ1v) is 9.39. The van der Waals surface area contributed by atoms with Crippen LogP contribution < -0.4 is 10.1 Å². The van der Waals surface area contributed by atoms with Gasteiger partial charge in [-0.2, -0.15) is 5.10 Å². The van der Waals surface area contributed by atoms with E-state index in [1.165, 1.54) is 0 Å². The van der Waals surface area contributed by atoms with Gasteiger partial charge in [0.2, 0.25) is 0 Å². The molecule has 4 nitrogen and oxygen atoms in total. The molecule has 2 aromatic carbocycles. The Balaban J connectivity index is 1.92. The lowest BCUT2D eigenvalue weighted by atomic mass is 10.0. The normalized spacial score (nSPS) is 13.7. The molecule has 1 aliphatic rings. The third kappa shape index (κ3) is 3.04. The maximum Gasteiger partial charge on any atom is 0.133 e. The van der Waals surface area contributed by atoms with Crippen molar-refractivity contribution < 1.29 is 4.74 Å². The molecule has 1 aliphatic heterocycles. The van der Waals surface area contributed by atoms with E-state index < -0.39 is 0 Å². The maximum absolute atomic E-state index is 6.47. The van der Waals surface area contributed by atoms with Crippen molar-refractivity contribution in [1.29, 1.82) is 0 Å². The molecule has 0 fully saturated rings. The van der Waals surface area contributed by atoms with Gasteiger partial charge in [0.1, 0.15) is 17.3 Å². The van der Waals surface area contributed by atoms with Gasteiger partial charge >= 0.3 is 0 Å². The number of nitrogens with zero attached hydrogens (tertiary/aromatic N) is 2. The lowest BCUT2D eigenvalue weighted by molar-refractivity contribution is 0.414. The first-order chi connectivity index (χ1) is 12.7. The Morgan fingerprint density at radius 1 is 1.04 bits per heavy atom. The van der Waals surface area contributed by atoms with Crippen LogP contribution in [0.15, 0.2) is 42.5 Å². The number of fused-ring (bicyclic) bond motifs is 1. The van der Waals surface area contributed by atoms with Crippen LogP contribution in [0, 0.1) is 0 Å². The summed E-state index contributed by atoms with van der Waals surface area (Å²) < 4.78 is 7.20. The highest BCUT2D eigenvalue weighted by Crippen LogP contribution is 2.40. The molecule has 0 amide bonds. The van der Waals surface area contributed by atoms with Crippen molar-refractivity contribution in [1.82, 2.24) is 9.78 Å². The highest BCUT2D eigenvalue weighted by atomic mass is 35.5. The fourth-order valence-corrected chi connectivity index (χ4v) is 3.91. The van der Waals surface area contributed by atoms with Gasteiger partial charge in [0.15, 0.2) is 0 Å². The summed E-state index contributed by atoms with van der Waals surface area (Å²) in [5.41, 5.74) is 3.77. The van der Waals surface area contributed by atoms with Gasteiger partial charge in [-0.3, -0.25) is 0 Å². The topological polar surface area (TPSA) is 39.1 Å². The van der Waals surface area contributed by atoms with Crippen LogP contribution in [0.2, 0.25) is 10.0 Å². The molecule has 0 radical (unpaired) electrons. The van der Waals surface area contributed by atoms with Crippen molar-refractivity contribution in [2.45, 2.75) is 19.3 Å². The van der Waals surface area contributed by atoms with Gasteiger partial charge in [0, 0.05) is 17.7 Å².